The van der Waals surface area contributed by atoms with Gasteiger partial charge in [0, 0.05) is 13.2 Å². The average Bonchev–Trinajstić information content (AvgIpc) is 2.16. The highest BCUT2D eigenvalue weighted by Gasteiger charge is 2.09. The van der Waals surface area contributed by atoms with Crippen molar-refractivity contribution in [1.82, 2.24) is 4.98 Å². The first-order valence-electron chi connectivity index (χ1n) is 3.99. The zero-order valence-electron chi connectivity index (χ0n) is 7.77. The van der Waals surface area contributed by atoms with E-state index < -0.39 is 5.91 Å². The van der Waals surface area contributed by atoms with Crippen LogP contribution < -0.4 is 10.6 Å². The first-order valence-corrected chi connectivity index (χ1v) is 3.99. The monoisotopic (exact) mass is 190 g/mol. The van der Waals surface area contributed by atoms with Gasteiger partial charge in [0.25, 0.3) is 0 Å². The molecule has 0 aliphatic heterocycles. The van der Waals surface area contributed by atoms with E-state index in [0.29, 0.717) is 5.69 Å². The van der Waals surface area contributed by atoms with Gasteiger partial charge in [-0.05, 0) is 12.1 Å². The quantitative estimate of drug-likeness (QED) is 0.720. The molecule has 0 radical (unpaired) electrons. The number of anilines is 1. The number of carbonyl (C=O) groups is 1. The Bertz CT molecular complexity index is 383. The molecule has 0 unspecified atom stereocenters. The minimum Gasteiger partial charge on any atom is -0.368 e. The summed E-state index contributed by atoms with van der Waals surface area (Å²) in [6.45, 7) is 0.0698. The summed E-state index contributed by atoms with van der Waals surface area (Å²) in [6, 6.07) is 5.36. The lowest BCUT2D eigenvalue weighted by Gasteiger charge is -2.17. The van der Waals surface area contributed by atoms with Gasteiger partial charge >= 0.3 is 0 Å². The van der Waals surface area contributed by atoms with Crippen LogP contribution in [0.1, 0.15) is 5.69 Å². The van der Waals surface area contributed by atoms with Crippen molar-refractivity contribution in [3.05, 3.63) is 24.0 Å². The smallest absolute Gasteiger partial charge is 0.236 e. The Hall–Kier alpha value is -2.09. The molecule has 0 fully saturated rings. The molecule has 0 spiro atoms. The van der Waals surface area contributed by atoms with Gasteiger partial charge in [0.2, 0.25) is 5.91 Å². The van der Waals surface area contributed by atoms with Gasteiger partial charge in [-0.15, -0.1) is 0 Å². The van der Waals surface area contributed by atoms with E-state index in [2.05, 4.69) is 4.98 Å². The molecule has 0 atom stereocenters. The summed E-state index contributed by atoms with van der Waals surface area (Å²) in [5.41, 5.74) is 5.93. The summed E-state index contributed by atoms with van der Waals surface area (Å²) in [7, 11) is 1.68. The Labute approximate surface area is 81.8 Å². The normalized spacial score (nSPS) is 9.14. The second-order valence-corrected chi connectivity index (χ2v) is 2.81. The van der Waals surface area contributed by atoms with Gasteiger partial charge in [-0.3, -0.25) is 4.79 Å². The Morgan fingerprint density at radius 1 is 1.79 bits per heavy atom. The first kappa shape index (κ1) is 9.99. The van der Waals surface area contributed by atoms with E-state index in [0.717, 1.165) is 0 Å². The van der Waals surface area contributed by atoms with Crippen LogP contribution in [0.4, 0.5) is 5.69 Å². The number of likely N-dealkylation sites (N-methyl/N-ethyl adjacent to an activating group) is 1. The van der Waals surface area contributed by atoms with Crippen molar-refractivity contribution in [3.8, 4) is 6.07 Å². The lowest BCUT2D eigenvalue weighted by Crippen LogP contribution is -2.31. The van der Waals surface area contributed by atoms with Gasteiger partial charge in [-0.25, -0.2) is 4.98 Å². The minimum atomic E-state index is -0.444. The lowest BCUT2D eigenvalue weighted by atomic mass is 10.3. The molecule has 0 bridgehead atoms. The zero-order valence-corrected chi connectivity index (χ0v) is 7.77. The van der Waals surface area contributed by atoms with Crippen LogP contribution in [-0.2, 0) is 4.79 Å². The van der Waals surface area contributed by atoms with Crippen molar-refractivity contribution in [2.45, 2.75) is 0 Å². The largest absolute Gasteiger partial charge is 0.368 e. The molecule has 2 N–H and O–H groups in total. The van der Waals surface area contributed by atoms with Crippen LogP contribution in [0.2, 0.25) is 0 Å². The number of nitrogens with zero attached hydrogens (tertiary/aromatic N) is 3. The fourth-order valence-corrected chi connectivity index (χ4v) is 1.11. The number of hydrogen-bond donors (Lipinski definition) is 1. The van der Waals surface area contributed by atoms with Gasteiger partial charge in [0.05, 0.1) is 12.2 Å². The molecule has 14 heavy (non-hydrogen) atoms. The molecule has 5 heteroatoms. The number of primary amides is 1. The fraction of sp³-hybridized carbons (Fsp3) is 0.222. The Balaban J connectivity index is 2.95. The van der Waals surface area contributed by atoms with Crippen LogP contribution in [0, 0.1) is 11.3 Å². The third-order valence-electron chi connectivity index (χ3n) is 1.70. The molecule has 0 aliphatic carbocycles. The highest BCUT2D eigenvalue weighted by molar-refractivity contribution is 5.79. The number of hydrogen-bond acceptors (Lipinski definition) is 4. The standard InChI is InChI=1S/C9H10N4O/c1-13(6-9(11)14)8-3-2-4-12-7(8)5-10/h2-4H,6H2,1H3,(H2,11,14). The molecule has 0 aliphatic rings. The Morgan fingerprint density at radius 2 is 2.50 bits per heavy atom. The summed E-state index contributed by atoms with van der Waals surface area (Å²) in [4.78, 5) is 16.1. The van der Waals surface area contributed by atoms with Crippen molar-refractivity contribution in [2.75, 3.05) is 18.5 Å². The lowest BCUT2D eigenvalue weighted by molar-refractivity contribution is -0.116. The van der Waals surface area contributed by atoms with Crippen LogP contribution in [0.5, 0.6) is 0 Å². The number of nitrogens with two attached hydrogens (primary N) is 1. The number of rotatable bonds is 3. The van der Waals surface area contributed by atoms with Crippen molar-refractivity contribution in [3.63, 3.8) is 0 Å². The van der Waals surface area contributed by atoms with Crippen LogP contribution in [0.15, 0.2) is 18.3 Å². The van der Waals surface area contributed by atoms with Crippen molar-refractivity contribution in [2.24, 2.45) is 5.73 Å². The highest BCUT2D eigenvalue weighted by Crippen LogP contribution is 2.14. The fourth-order valence-electron chi connectivity index (χ4n) is 1.11. The van der Waals surface area contributed by atoms with Gasteiger partial charge in [0.15, 0.2) is 5.69 Å². The molecule has 0 saturated carbocycles. The van der Waals surface area contributed by atoms with Crippen LogP contribution in [0.3, 0.4) is 0 Å². The van der Waals surface area contributed by atoms with Gasteiger partial charge in [-0.2, -0.15) is 5.26 Å². The van der Waals surface area contributed by atoms with E-state index >= 15 is 0 Å². The van der Waals surface area contributed by atoms with Gasteiger partial charge in [-0.1, -0.05) is 0 Å². The maximum absolute atomic E-state index is 10.7. The zero-order chi connectivity index (χ0) is 10.6. The molecule has 1 aromatic heterocycles. The van der Waals surface area contributed by atoms with Crippen molar-refractivity contribution < 1.29 is 4.79 Å². The summed E-state index contributed by atoms with van der Waals surface area (Å²) in [5.74, 6) is -0.444. The summed E-state index contributed by atoms with van der Waals surface area (Å²) >= 11 is 0. The number of carbonyl (C=O) groups excluding carboxylic acids is 1. The van der Waals surface area contributed by atoms with Crippen molar-refractivity contribution in [1.29, 1.82) is 5.26 Å². The van der Waals surface area contributed by atoms with E-state index in [-0.39, 0.29) is 12.2 Å². The van der Waals surface area contributed by atoms with E-state index in [9.17, 15) is 4.79 Å². The van der Waals surface area contributed by atoms with Crippen LogP contribution in [-0.4, -0.2) is 24.5 Å². The predicted octanol–water partition coefficient (Wildman–Crippen LogP) is -0.125. The maximum atomic E-state index is 10.7. The van der Waals surface area contributed by atoms with E-state index in [1.165, 1.54) is 6.20 Å². The van der Waals surface area contributed by atoms with Gasteiger partial charge in [0.1, 0.15) is 6.07 Å². The molecular weight excluding hydrogens is 180 g/mol. The molecule has 0 aromatic carbocycles. The average molecular weight is 190 g/mol. The number of pyridine rings is 1. The first-order chi connectivity index (χ1) is 6.65. The summed E-state index contributed by atoms with van der Waals surface area (Å²) < 4.78 is 0. The maximum Gasteiger partial charge on any atom is 0.236 e. The second kappa shape index (κ2) is 4.23. The number of aromatic nitrogens is 1. The van der Waals surface area contributed by atoms with Gasteiger partial charge < -0.3 is 10.6 Å². The molecule has 1 heterocycles. The minimum absolute atomic E-state index is 0.0698. The second-order valence-electron chi connectivity index (χ2n) is 2.81. The number of amides is 1. The topological polar surface area (TPSA) is 83.0 Å². The van der Waals surface area contributed by atoms with E-state index in [1.807, 2.05) is 6.07 Å². The molecule has 5 nitrogen and oxygen atoms in total. The SMILES string of the molecule is CN(CC(N)=O)c1cccnc1C#N. The van der Waals surface area contributed by atoms with Crippen LogP contribution in [0.25, 0.3) is 0 Å². The summed E-state index contributed by atoms with van der Waals surface area (Å²) in [6.07, 6.45) is 1.53. The Morgan fingerprint density at radius 3 is 3.07 bits per heavy atom. The molecule has 1 amide bonds. The predicted molar refractivity (Wildman–Crippen MR) is 51.4 cm³/mol. The third-order valence-corrected chi connectivity index (χ3v) is 1.70. The molecule has 72 valence electrons. The summed E-state index contributed by atoms with van der Waals surface area (Å²) in [5, 5.41) is 8.75. The third kappa shape index (κ3) is 2.20. The molecular formula is C9H10N4O. The number of nitriles is 1. The van der Waals surface area contributed by atoms with E-state index in [4.69, 9.17) is 11.0 Å². The van der Waals surface area contributed by atoms with Crippen LogP contribution >= 0.6 is 0 Å². The Kier molecular flexibility index (Phi) is 3.02. The van der Waals surface area contributed by atoms with Crippen molar-refractivity contribution >= 4 is 11.6 Å². The molecule has 1 rings (SSSR count). The molecule has 0 saturated heterocycles. The van der Waals surface area contributed by atoms with E-state index in [1.54, 1.807) is 24.1 Å². The molecule has 1 aromatic rings. The highest BCUT2D eigenvalue weighted by atomic mass is 16.1.